The third-order valence-corrected chi connectivity index (χ3v) is 6.24. The van der Waals surface area contributed by atoms with Gasteiger partial charge in [-0.3, -0.25) is 9.59 Å². The van der Waals surface area contributed by atoms with Crippen molar-refractivity contribution in [1.82, 2.24) is 9.80 Å². The monoisotopic (exact) mass is 346 g/mol. The molecule has 2 saturated heterocycles. The van der Waals surface area contributed by atoms with E-state index in [0.29, 0.717) is 35.5 Å². The molecular formula is C19H23ClN2O2. The molecule has 0 spiro atoms. The van der Waals surface area contributed by atoms with E-state index < -0.39 is 0 Å². The van der Waals surface area contributed by atoms with Gasteiger partial charge in [-0.2, -0.15) is 0 Å². The number of fused-ring (bicyclic) bond motifs is 1. The minimum Gasteiger partial charge on any atom is -0.342 e. The molecule has 0 N–H and O–H groups in total. The fraction of sp³-hybridized carbons (Fsp3) is 0.579. The molecule has 128 valence electrons. The van der Waals surface area contributed by atoms with Crippen molar-refractivity contribution in [2.45, 2.75) is 26.2 Å². The predicted molar refractivity (Wildman–Crippen MR) is 92.9 cm³/mol. The first kappa shape index (κ1) is 15.9. The summed E-state index contributed by atoms with van der Waals surface area (Å²) in [5.41, 5.74) is 0.313. The van der Waals surface area contributed by atoms with Crippen molar-refractivity contribution < 1.29 is 9.59 Å². The molecule has 0 bridgehead atoms. The van der Waals surface area contributed by atoms with Crippen LogP contribution < -0.4 is 0 Å². The second-order valence-electron chi connectivity index (χ2n) is 7.73. The SMILES string of the molecule is CC1CCN(C(=O)C23CC2CN(C(=O)c2cccc(Cl)c2)C3)CC1. The fourth-order valence-corrected chi connectivity index (χ4v) is 4.49. The van der Waals surface area contributed by atoms with Crippen LogP contribution in [0.1, 0.15) is 36.5 Å². The van der Waals surface area contributed by atoms with Gasteiger partial charge in [0.25, 0.3) is 5.91 Å². The average Bonchev–Trinajstić information content (AvgIpc) is 3.16. The third kappa shape index (κ3) is 2.61. The first-order valence-corrected chi connectivity index (χ1v) is 9.21. The summed E-state index contributed by atoms with van der Waals surface area (Å²) in [6.07, 6.45) is 3.13. The van der Waals surface area contributed by atoms with Gasteiger partial charge in [0.1, 0.15) is 0 Å². The molecular weight excluding hydrogens is 324 g/mol. The van der Waals surface area contributed by atoms with E-state index in [2.05, 4.69) is 6.92 Å². The summed E-state index contributed by atoms with van der Waals surface area (Å²) >= 11 is 5.99. The second-order valence-corrected chi connectivity index (χ2v) is 8.16. The van der Waals surface area contributed by atoms with Gasteiger partial charge < -0.3 is 9.80 Å². The van der Waals surface area contributed by atoms with E-state index in [9.17, 15) is 9.59 Å². The van der Waals surface area contributed by atoms with Crippen molar-refractivity contribution in [3.8, 4) is 0 Å². The standard InChI is InChI=1S/C19H23ClN2O2/c1-13-5-7-21(8-6-13)18(24)19-10-15(19)11-22(12-19)17(23)14-3-2-4-16(20)9-14/h2-4,9,13,15H,5-8,10-12H2,1H3. The molecule has 5 heteroatoms. The van der Waals surface area contributed by atoms with Crippen molar-refractivity contribution >= 4 is 23.4 Å². The maximum Gasteiger partial charge on any atom is 0.253 e. The van der Waals surface area contributed by atoms with Gasteiger partial charge >= 0.3 is 0 Å². The van der Waals surface area contributed by atoms with Crippen LogP contribution in [0.15, 0.2) is 24.3 Å². The van der Waals surface area contributed by atoms with Gasteiger partial charge in [-0.15, -0.1) is 0 Å². The Bertz CT molecular complexity index is 684. The molecule has 2 atom stereocenters. The summed E-state index contributed by atoms with van der Waals surface area (Å²) in [6, 6.07) is 7.05. The molecule has 2 heterocycles. The lowest BCUT2D eigenvalue weighted by Gasteiger charge is -2.33. The van der Waals surface area contributed by atoms with Crippen LogP contribution in [-0.4, -0.2) is 47.8 Å². The van der Waals surface area contributed by atoms with Crippen molar-refractivity contribution in [1.29, 1.82) is 0 Å². The highest BCUT2D eigenvalue weighted by Crippen LogP contribution is 2.59. The number of hydrogen-bond acceptors (Lipinski definition) is 2. The lowest BCUT2D eigenvalue weighted by atomic mass is 9.96. The summed E-state index contributed by atoms with van der Waals surface area (Å²) in [5, 5.41) is 0.568. The third-order valence-electron chi connectivity index (χ3n) is 6.00. The van der Waals surface area contributed by atoms with E-state index >= 15 is 0 Å². The zero-order chi connectivity index (χ0) is 16.9. The minimum atomic E-state index is -0.297. The Morgan fingerprint density at radius 2 is 1.96 bits per heavy atom. The average molecular weight is 347 g/mol. The summed E-state index contributed by atoms with van der Waals surface area (Å²) in [7, 11) is 0. The molecule has 3 fully saturated rings. The van der Waals surface area contributed by atoms with E-state index in [1.165, 1.54) is 0 Å². The summed E-state index contributed by atoms with van der Waals surface area (Å²) in [4.78, 5) is 29.6. The number of nitrogens with zero attached hydrogens (tertiary/aromatic N) is 2. The zero-order valence-corrected chi connectivity index (χ0v) is 14.8. The molecule has 4 rings (SSSR count). The highest BCUT2D eigenvalue weighted by atomic mass is 35.5. The maximum atomic E-state index is 13.0. The molecule has 1 aromatic rings. The normalized spacial score (nSPS) is 29.5. The van der Waals surface area contributed by atoms with Gasteiger partial charge in [0, 0.05) is 36.8 Å². The zero-order valence-electron chi connectivity index (χ0n) is 14.0. The van der Waals surface area contributed by atoms with E-state index in [1.807, 2.05) is 9.80 Å². The Kier molecular flexibility index (Phi) is 3.83. The number of piperidine rings is 2. The van der Waals surface area contributed by atoms with Crippen LogP contribution in [0.4, 0.5) is 0 Å². The minimum absolute atomic E-state index is 0.0101. The van der Waals surface area contributed by atoms with Crippen LogP contribution in [-0.2, 0) is 4.79 Å². The Morgan fingerprint density at radius 1 is 1.21 bits per heavy atom. The Labute approximate surface area is 147 Å². The largest absolute Gasteiger partial charge is 0.342 e. The van der Waals surface area contributed by atoms with Crippen LogP contribution in [0.25, 0.3) is 0 Å². The van der Waals surface area contributed by atoms with Crippen LogP contribution >= 0.6 is 11.6 Å². The van der Waals surface area contributed by atoms with E-state index in [1.54, 1.807) is 24.3 Å². The molecule has 4 nitrogen and oxygen atoms in total. The Hall–Kier alpha value is -1.55. The van der Waals surface area contributed by atoms with Crippen molar-refractivity contribution in [3.05, 3.63) is 34.9 Å². The lowest BCUT2D eigenvalue weighted by molar-refractivity contribution is -0.138. The van der Waals surface area contributed by atoms with Crippen molar-refractivity contribution in [3.63, 3.8) is 0 Å². The first-order chi connectivity index (χ1) is 11.5. The number of hydrogen-bond donors (Lipinski definition) is 0. The molecule has 0 radical (unpaired) electrons. The predicted octanol–water partition coefficient (Wildman–Crippen LogP) is 3.06. The van der Waals surface area contributed by atoms with Gasteiger partial charge in [0.05, 0.1) is 5.41 Å². The highest BCUT2D eigenvalue weighted by molar-refractivity contribution is 6.30. The molecule has 3 aliphatic rings. The van der Waals surface area contributed by atoms with Gasteiger partial charge in [-0.25, -0.2) is 0 Å². The number of amides is 2. The van der Waals surface area contributed by atoms with E-state index in [4.69, 9.17) is 11.6 Å². The number of carbonyl (C=O) groups is 2. The Morgan fingerprint density at radius 3 is 2.67 bits per heavy atom. The smallest absolute Gasteiger partial charge is 0.253 e. The summed E-state index contributed by atoms with van der Waals surface area (Å²) in [5.74, 6) is 1.32. The van der Waals surface area contributed by atoms with Gasteiger partial charge in [-0.1, -0.05) is 24.6 Å². The molecule has 2 aliphatic heterocycles. The van der Waals surface area contributed by atoms with Crippen LogP contribution in [0, 0.1) is 17.3 Å². The van der Waals surface area contributed by atoms with Crippen molar-refractivity contribution in [2.75, 3.05) is 26.2 Å². The maximum absolute atomic E-state index is 13.0. The number of likely N-dealkylation sites (tertiary alicyclic amines) is 2. The molecule has 1 aliphatic carbocycles. The molecule has 1 saturated carbocycles. The van der Waals surface area contributed by atoms with Gasteiger partial charge in [0.2, 0.25) is 5.91 Å². The van der Waals surface area contributed by atoms with E-state index in [0.717, 1.165) is 32.4 Å². The van der Waals surface area contributed by atoms with Crippen LogP contribution in [0.5, 0.6) is 0 Å². The number of carbonyl (C=O) groups excluding carboxylic acids is 2. The molecule has 2 unspecified atom stereocenters. The van der Waals surface area contributed by atoms with E-state index in [-0.39, 0.29) is 17.2 Å². The molecule has 1 aromatic carbocycles. The van der Waals surface area contributed by atoms with Gasteiger partial charge in [0.15, 0.2) is 0 Å². The quantitative estimate of drug-likeness (QED) is 0.825. The molecule has 2 amide bonds. The number of halogens is 1. The Balaban J connectivity index is 1.45. The highest BCUT2D eigenvalue weighted by Gasteiger charge is 2.66. The summed E-state index contributed by atoms with van der Waals surface area (Å²) < 4.78 is 0. The first-order valence-electron chi connectivity index (χ1n) is 8.84. The molecule has 24 heavy (non-hydrogen) atoms. The number of rotatable bonds is 2. The van der Waals surface area contributed by atoms with Gasteiger partial charge in [-0.05, 0) is 49.3 Å². The topological polar surface area (TPSA) is 40.6 Å². The number of benzene rings is 1. The van der Waals surface area contributed by atoms with Crippen molar-refractivity contribution in [2.24, 2.45) is 17.3 Å². The second kappa shape index (κ2) is 5.76. The molecule has 0 aromatic heterocycles. The lowest BCUT2D eigenvalue weighted by Crippen LogP contribution is -2.44. The summed E-state index contributed by atoms with van der Waals surface area (Å²) in [6.45, 7) is 5.25. The fourth-order valence-electron chi connectivity index (χ4n) is 4.30. The van der Waals surface area contributed by atoms with Crippen LogP contribution in [0.3, 0.4) is 0 Å². The van der Waals surface area contributed by atoms with Crippen LogP contribution in [0.2, 0.25) is 5.02 Å².